The Morgan fingerprint density at radius 3 is 2.53 bits per heavy atom. The summed E-state index contributed by atoms with van der Waals surface area (Å²) < 4.78 is 10.5. The number of aryl methyl sites for hydroxylation is 1. The first-order valence-electron chi connectivity index (χ1n) is 6.57. The van der Waals surface area contributed by atoms with Gasteiger partial charge >= 0.3 is 0 Å². The lowest BCUT2D eigenvalue weighted by Crippen LogP contribution is -1.99. The van der Waals surface area contributed by atoms with E-state index in [0.717, 1.165) is 49.7 Å². The van der Waals surface area contributed by atoms with Crippen molar-refractivity contribution in [1.82, 2.24) is 0 Å². The van der Waals surface area contributed by atoms with Crippen LogP contribution in [0.5, 0.6) is 11.5 Å². The molecule has 0 saturated carbocycles. The van der Waals surface area contributed by atoms with Crippen molar-refractivity contribution in [3.05, 3.63) is 35.9 Å². The number of aldehydes is 1. The summed E-state index contributed by atoms with van der Waals surface area (Å²) in [6, 6.07) is 3.66. The average Bonchev–Trinajstić information content (AvgIpc) is 2.45. The second-order valence-corrected chi connectivity index (χ2v) is 4.41. The molecule has 3 heteroatoms. The second kappa shape index (κ2) is 8.35. The van der Waals surface area contributed by atoms with Gasteiger partial charge in [-0.25, -0.2) is 0 Å². The Balaban J connectivity index is 2.79. The van der Waals surface area contributed by atoms with Gasteiger partial charge in [0.1, 0.15) is 11.5 Å². The zero-order chi connectivity index (χ0) is 14.1. The molecule has 0 N–H and O–H groups in total. The van der Waals surface area contributed by atoms with Crippen molar-refractivity contribution in [2.24, 2.45) is 0 Å². The van der Waals surface area contributed by atoms with Crippen LogP contribution in [-0.4, -0.2) is 20.5 Å². The standard InChI is InChI=1S/C16H22O3/c1-4-5-6-7-8-9-13-10-14(18-2)11-16(19-3)15(13)12-17/h4,10-12H,1,5-9H2,2-3H3. The topological polar surface area (TPSA) is 35.5 Å². The van der Waals surface area contributed by atoms with E-state index in [4.69, 9.17) is 9.47 Å². The molecule has 0 unspecified atom stereocenters. The van der Waals surface area contributed by atoms with Crippen LogP contribution in [0.2, 0.25) is 0 Å². The average molecular weight is 262 g/mol. The number of carbonyl (C=O) groups excluding carboxylic acids is 1. The van der Waals surface area contributed by atoms with Gasteiger partial charge in [-0.1, -0.05) is 12.5 Å². The summed E-state index contributed by atoms with van der Waals surface area (Å²) in [7, 11) is 3.18. The van der Waals surface area contributed by atoms with Gasteiger partial charge in [-0.05, 0) is 37.3 Å². The van der Waals surface area contributed by atoms with Crippen molar-refractivity contribution in [2.75, 3.05) is 14.2 Å². The summed E-state index contributed by atoms with van der Waals surface area (Å²) in [5, 5.41) is 0. The van der Waals surface area contributed by atoms with E-state index in [-0.39, 0.29) is 0 Å². The predicted molar refractivity (Wildman–Crippen MR) is 77.3 cm³/mol. The van der Waals surface area contributed by atoms with Crippen molar-refractivity contribution in [3.8, 4) is 11.5 Å². The first kappa shape index (κ1) is 15.3. The van der Waals surface area contributed by atoms with Gasteiger partial charge < -0.3 is 9.47 Å². The minimum atomic E-state index is 0.579. The zero-order valence-corrected chi connectivity index (χ0v) is 11.8. The largest absolute Gasteiger partial charge is 0.497 e. The summed E-state index contributed by atoms with van der Waals surface area (Å²) in [4.78, 5) is 11.2. The molecule has 1 aromatic rings. The van der Waals surface area contributed by atoms with Crippen LogP contribution in [0.1, 0.15) is 41.6 Å². The highest BCUT2D eigenvalue weighted by atomic mass is 16.5. The third-order valence-electron chi connectivity index (χ3n) is 3.13. The number of benzene rings is 1. The molecule has 0 radical (unpaired) electrons. The van der Waals surface area contributed by atoms with Crippen molar-refractivity contribution >= 4 is 6.29 Å². The summed E-state index contributed by atoms with van der Waals surface area (Å²) in [6.07, 6.45) is 8.01. The molecule has 0 amide bonds. The highest BCUT2D eigenvalue weighted by Crippen LogP contribution is 2.28. The first-order valence-corrected chi connectivity index (χ1v) is 6.57. The maximum absolute atomic E-state index is 11.2. The molecule has 0 aromatic heterocycles. The van der Waals surface area contributed by atoms with E-state index in [1.54, 1.807) is 20.3 Å². The molecule has 0 heterocycles. The number of hydrogen-bond acceptors (Lipinski definition) is 3. The lowest BCUT2D eigenvalue weighted by atomic mass is 10.00. The van der Waals surface area contributed by atoms with Gasteiger partial charge in [-0.3, -0.25) is 4.79 Å². The van der Waals surface area contributed by atoms with Gasteiger partial charge in [0.2, 0.25) is 0 Å². The summed E-state index contributed by atoms with van der Waals surface area (Å²) >= 11 is 0. The Bertz CT molecular complexity index is 424. The first-order chi connectivity index (χ1) is 9.26. The summed E-state index contributed by atoms with van der Waals surface area (Å²) in [6.45, 7) is 3.71. The number of unbranched alkanes of at least 4 members (excludes halogenated alkanes) is 3. The Labute approximate surface area is 115 Å². The van der Waals surface area contributed by atoms with E-state index >= 15 is 0 Å². The fraction of sp³-hybridized carbons (Fsp3) is 0.438. The zero-order valence-electron chi connectivity index (χ0n) is 11.8. The fourth-order valence-corrected chi connectivity index (χ4v) is 2.06. The Morgan fingerprint density at radius 2 is 1.95 bits per heavy atom. The van der Waals surface area contributed by atoms with Crippen LogP contribution in [0.4, 0.5) is 0 Å². The molecule has 1 rings (SSSR count). The van der Waals surface area contributed by atoms with E-state index in [9.17, 15) is 4.79 Å². The third kappa shape index (κ3) is 4.43. The van der Waals surface area contributed by atoms with E-state index in [2.05, 4.69) is 6.58 Å². The van der Waals surface area contributed by atoms with Crippen LogP contribution >= 0.6 is 0 Å². The summed E-state index contributed by atoms with van der Waals surface area (Å²) in [5.74, 6) is 1.30. The number of allylic oxidation sites excluding steroid dienone is 1. The Kier molecular flexibility index (Phi) is 6.72. The Hall–Kier alpha value is -1.77. The molecule has 0 saturated heterocycles. The van der Waals surface area contributed by atoms with Gasteiger partial charge in [0.25, 0.3) is 0 Å². The molecule has 0 fully saturated rings. The minimum absolute atomic E-state index is 0.579. The van der Waals surface area contributed by atoms with Gasteiger partial charge in [-0.2, -0.15) is 0 Å². The molecule has 0 aliphatic rings. The van der Waals surface area contributed by atoms with Crippen LogP contribution in [0, 0.1) is 0 Å². The molecular weight excluding hydrogens is 240 g/mol. The molecule has 0 atom stereocenters. The molecule has 0 aliphatic carbocycles. The highest BCUT2D eigenvalue weighted by Gasteiger charge is 2.11. The molecule has 1 aromatic carbocycles. The van der Waals surface area contributed by atoms with Crippen molar-refractivity contribution < 1.29 is 14.3 Å². The maximum atomic E-state index is 11.2. The molecule has 0 aliphatic heterocycles. The molecule has 104 valence electrons. The third-order valence-corrected chi connectivity index (χ3v) is 3.13. The lowest BCUT2D eigenvalue weighted by Gasteiger charge is -2.12. The quantitative estimate of drug-likeness (QED) is 0.386. The van der Waals surface area contributed by atoms with Crippen molar-refractivity contribution in [2.45, 2.75) is 32.1 Å². The predicted octanol–water partition coefficient (Wildman–Crippen LogP) is 3.81. The van der Waals surface area contributed by atoms with Crippen LogP contribution < -0.4 is 9.47 Å². The summed E-state index contributed by atoms with van der Waals surface area (Å²) in [5.41, 5.74) is 1.62. The molecular formula is C16H22O3. The van der Waals surface area contributed by atoms with Crippen LogP contribution in [0.25, 0.3) is 0 Å². The SMILES string of the molecule is C=CCCCCCc1cc(OC)cc(OC)c1C=O. The second-order valence-electron chi connectivity index (χ2n) is 4.41. The molecule has 0 spiro atoms. The molecule has 3 nitrogen and oxygen atoms in total. The van der Waals surface area contributed by atoms with E-state index in [1.165, 1.54) is 0 Å². The van der Waals surface area contributed by atoms with E-state index in [1.807, 2.05) is 12.1 Å². The Morgan fingerprint density at radius 1 is 1.16 bits per heavy atom. The number of hydrogen-bond donors (Lipinski definition) is 0. The van der Waals surface area contributed by atoms with Gasteiger partial charge in [0.05, 0.1) is 19.8 Å². The molecule has 19 heavy (non-hydrogen) atoms. The molecule has 0 bridgehead atoms. The van der Waals surface area contributed by atoms with E-state index in [0.29, 0.717) is 11.3 Å². The fourth-order valence-electron chi connectivity index (χ4n) is 2.06. The number of rotatable bonds is 9. The van der Waals surface area contributed by atoms with Crippen LogP contribution in [0.3, 0.4) is 0 Å². The number of methoxy groups -OCH3 is 2. The monoisotopic (exact) mass is 262 g/mol. The minimum Gasteiger partial charge on any atom is -0.497 e. The smallest absolute Gasteiger partial charge is 0.154 e. The van der Waals surface area contributed by atoms with Gasteiger partial charge in [0, 0.05) is 6.07 Å². The van der Waals surface area contributed by atoms with Crippen LogP contribution in [-0.2, 0) is 6.42 Å². The maximum Gasteiger partial charge on any atom is 0.154 e. The normalized spacial score (nSPS) is 10.0. The van der Waals surface area contributed by atoms with Crippen LogP contribution in [0.15, 0.2) is 24.8 Å². The van der Waals surface area contributed by atoms with Crippen molar-refractivity contribution in [1.29, 1.82) is 0 Å². The van der Waals surface area contributed by atoms with Gasteiger partial charge in [0.15, 0.2) is 6.29 Å². The lowest BCUT2D eigenvalue weighted by molar-refractivity contribution is 0.111. The number of carbonyl (C=O) groups is 1. The number of ether oxygens (including phenoxy) is 2. The van der Waals surface area contributed by atoms with Gasteiger partial charge in [-0.15, -0.1) is 6.58 Å². The highest BCUT2D eigenvalue weighted by molar-refractivity contribution is 5.82. The van der Waals surface area contributed by atoms with E-state index < -0.39 is 0 Å². The van der Waals surface area contributed by atoms with Crippen molar-refractivity contribution in [3.63, 3.8) is 0 Å².